The maximum atomic E-state index is 12.2. The van der Waals surface area contributed by atoms with E-state index < -0.39 is 56.0 Å². The van der Waals surface area contributed by atoms with E-state index in [1.807, 2.05) is 0 Å². The van der Waals surface area contributed by atoms with Gasteiger partial charge in [-0.3, -0.25) is 0 Å². The first-order valence-electron chi connectivity index (χ1n) is 5.55. The van der Waals surface area contributed by atoms with E-state index in [0.717, 1.165) is 24.3 Å². The second-order valence-electron chi connectivity index (χ2n) is 4.28. The topological polar surface area (TPSA) is 138 Å². The van der Waals surface area contributed by atoms with E-state index in [4.69, 9.17) is 0 Å². The molecule has 0 saturated heterocycles. The predicted molar refractivity (Wildman–Crippen MR) is 58.1 cm³/mol. The fourth-order valence-corrected chi connectivity index (χ4v) is 2.28. The molecule has 0 radical (unpaired) electrons. The molecular weight excluding hydrogens is 356 g/mol. The molecule has 0 atom stereocenters. The van der Waals surface area contributed by atoms with Gasteiger partial charge in [0.25, 0.3) is 0 Å². The first kappa shape index (κ1) is 27.2. The zero-order valence-corrected chi connectivity index (χ0v) is 21.8. The van der Waals surface area contributed by atoms with E-state index in [1.54, 1.807) is 0 Å². The molecule has 0 bridgehead atoms. The van der Waals surface area contributed by atoms with Crippen LogP contribution in [0.2, 0.25) is 0 Å². The average molecular weight is 360 g/mol. The molecule has 0 aliphatic heterocycles. The first-order chi connectivity index (χ1) is 9.43. The quantitative estimate of drug-likeness (QED) is 0.288. The van der Waals surface area contributed by atoms with Crippen LogP contribution in [-0.4, -0.2) is 0 Å². The Balaban J connectivity index is 0. The van der Waals surface area contributed by atoms with Gasteiger partial charge in [-0.15, -0.1) is 23.0 Å². The second kappa shape index (κ2) is 10.3. The molecule has 0 N–H and O–H groups in total. The molecule has 0 spiro atoms. The molecule has 0 amide bonds. The standard InChI is InChI=1S/C14H10O6.4Na/c15-5-1-2-6(16)10-9(5)13(19)11-7(17)3-4-8(18)12(11)14(10)20;;;;/h1-4,15-20H;;;;/q;4*+1/p-6. The molecule has 6 nitrogen and oxygen atoms in total. The SMILES string of the molecule is [Na+].[Na+].[Na+].[Na+].[O-]c1ccc([O-])c2c([O-])c3c([O-])ccc([O-])c3c([O-])c12. The summed E-state index contributed by atoms with van der Waals surface area (Å²) in [7, 11) is 0. The van der Waals surface area contributed by atoms with Crippen molar-refractivity contribution in [3.05, 3.63) is 24.3 Å². The van der Waals surface area contributed by atoms with Crippen LogP contribution < -0.4 is 149 Å². The number of hydrogen-bond donors (Lipinski definition) is 0. The summed E-state index contributed by atoms with van der Waals surface area (Å²) in [6, 6.07) is 3.46. The van der Waals surface area contributed by atoms with Crippen molar-refractivity contribution in [2.24, 2.45) is 0 Å². The van der Waals surface area contributed by atoms with Gasteiger partial charge in [-0.05, 0) is 21.5 Å². The zero-order valence-electron chi connectivity index (χ0n) is 13.8. The molecule has 3 aromatic carbocycles. The Hall–Kier alpha value is 0.980. The fourth-order valence-electron chi connectivity index (χ4n) is 2.28. The van der Waals surface area contributed by atoms with Crippen molar-refractivity contribution >= 4 is 21.5 Å². The summed E-state index contributed by atoms with van der Waals surface area (Å²) in [5.41, 5.74) is 0. The van der Waals surface area contributed by atoms with Crippen LogP contribution in [0.3, 0.4) is 0 Å². The van der Waals surface area contributed by atoms with Crippen LogP contribution in [0.4, 0.5) is 0 Å². The summed E-state index contributed by atoms with van der Waals surface area (Å²) in [4.78, 5) is 0. The molecule has 3 rings (SSSR count). The van der Waals surface area contributed by atoms with Gasteiger partial charge in [-0.25, -0.2) is 0 Å². The Morgan fingerprint density at radius 2 is 0.542 bits per heavy atom. The van der Waals surface area contributed by atoms with Crippen molar-refractivity contribution in [2.75, 3.05) is 0 Å². The van der Waals surface area contributed by atoms with E-state index in [-0.39, 0.29) is 118 Å². The number of rotatable bonds is 0. The number of benzene rings is 3. The summed E-state index contributed by atoms with van der Waals surface area (Å²) in [5, 5.41) is 68.6. The average Bonchev–Trinajstić information content (AvgIpc) is 2.41. The summed E-state index contributed by atoms with van der Waals surface area (Å²) < 4.78 is 0. The summed E-state index contributed by atoms with van der Waals surface area (Å²) in [6.45, 7) is 0. The Labute approximate surface area is 225 Å². The van der Waals surface area contributed by atoms with Gasteiger partial charge in [0.05, 0.1) is 0 Å². The third kappa shape index (κ3) is 4.27. The second-order valence-corrected chi connectivity index (χ2v) is 4.28. The summed E-state index contributed by atoms with van der Waals surface area (Å²) in [5.74, 6) is -5.36. The van der Waals surface area contributed by atoms with Crippen LogP contribution in [0, 0.1) is 0 Å². The maximum Gasteiger partial charge on any atom is 1.00 e. The van der Waals surface area contributed by atoms with Gasteiger partial charge in [0, 0.05) is 0 Å². The molecule has 24 heavy (non-hydrogen) atoms. The molecule has 0 aliphatic rings. The van der Waals surface area contributed by atoms with Crippen molar-refractivity contribution in [3.8, 4) is 34.5 Å². The molecule has 0 heterocycles. The van der Waals surface area contributed by atoms with E-state index >= 15 is 0 Å². The van der Waals surface area contributed by atoms with Crippen molar-refractivity contribution in [1.29, 1.82) is 0 Å². The predicted octanol–water partition coefficient (Wildman–Crippen LogP) is -13.5. The minimum absolute atomic E-state index is 0. The summed E-state index contributed by atoms with van der Waals surface area (Å²) >= 11 is 0. The molecule has 3 aromatic rings. The molecule has 10 heteroatoms. The Morgan fingerprint density at radius 3 is 0.708 bits per heavy atom. The minimum atomic E-state index is -1.04. The smallest absolute Gasteiger partial charge is 0.872 e. The van der Waals surface area contributed by atoms with Crippen molar-refractivity contribution in [3.63, 3.8) is 0 Å². The van der Waals surface area contributed by atoms with Gasteiger partial charge in [-0.1, -0.05) is 35.8 Å². The Morgan fingerprint density at radius 1 is 0.375 bits per heavy atom. The monoisotopic (exact) mass is 360 g/mol. The molecule has 102 valence electrons. The normalized spacial score (nSPS) is 9.33. The van der Waals surface area contributed by atoms with E-state index in [1.165, 1.54) is 0 Å². The van der Waals surface area contributed by atoms with Gasteiger partial charge < -0.3 is 30.6 Å². The van der Waals surface area contributed by atoms with Crippen LogP contribution in [0.5, 0.6) is 34.5 Å². The van der Waals surface area contributed by atoms with Gasteiger partial charge in [0.2, 0.25) is 0 Å². The minimum Gasteiger partial charge on any atom is -0.872 e. The molecule has 0 fully saturated rings. The van der Waals surface area contributed by atoms with Gasteiger partial charge >= 0.3 is 118 Å². The van der Waals surface area contributed by atoms with E-state index in [0.29, 0.717) is 0 Å². The first-order valence-corrected chi connectivity index (χ1v) is 5.55. The largest absolute Gasteiger partial charge is 1.00 e. The third-order valence-electron chi connectivity index (χ3n) is 3.17. The van der Waals surface area contributed by atoms with Crippen molar-refractivity contribution in [1.82, 2.24) is 0 Å². The zero-order chi connectivity index (χ0) is 14.6. The van der Waals surface area contributed by atoms with Crippen LogP contribution in [0.1, 0.15) is 0 Å². The molecule has 0 saturated carbocycles. The van der Waals surface area contributed by atoms with Crippen molar-refractivity contribution < 1.29 is 149 Å². The van der Waals surface area contributed by atoms with Crippen LogP contribution in [0.25, 0.3) is 21.5 Å². The molecule has 0 aliphatic carbocycles. The fraction of sp³-hybridized carbons (Fsp3) is 0. The number of fused-ring (bicyclic) bond motifs is 2. The van der Waals surface area contributed by atoms with Crippen LogP contribution in [0.15, 0.2) is 24.3 Å². The van der Waals surface area contributed by atoms with Gasteiger partial charge in [0.1, 0.15) is 0 Å². The maximum absolute atomic E-state index is 12.2. The molecular formula is C14H4Na4O6-2. The van der Waals surface area contributed by atoms with Gasteiger partial charge in [-0.2, -0.15) is 0 Å². The molecule has 0 aromatic heterocycles. The Bertz CT molecular complexity index is 744. The summed E-state index contributed by atoms with van der Waals surface area (Å²) in [6.07, 6.45) is 0. The van der Waals surface area contributed by atoms with Gasteiger partial charge in [0.15, 0.2) is 0 Å². The Kier molecular flexibility index (Phi) is 11.7. The van der Waals surface area contributed by atoms with Crippen LogP contribution >= 0.6 is 0 Å². The molecule has 0 unspecified atom stereocenters. The van der Waals surface area contributed by atoms with Crippen molar-refractivity contribution in [2.45, 2.75) is 0 Å². The third-order valence-corrected chi connectivity index (χ3v) is 3.17. The van der Waals surface area contributed by atoms with E-state index in [2.05, 4.69) is 0 Å². The number of hydrogen-bond acceptors (Lipinski definition) is 6. The van der Waals surface area contributed by atoms with Crippen LogP contribution in [-0.2, 0) is 0 Å². The van der Waals surface area contributed by atoms with E-state index in [9.17, 15) is 30.6 Å².